The summed E-state index contributed by atoms with van der Waals surface area (Å²) in [7, 11) is 0. The molecule has 0 aliphatic carbocycles. The van der Waals surface area contributed by atoms with Crippen molar-refractivity contribution >= 4 is 23.6 Å². The van der Waals surface area contributed by atoms with E-state index in [2.05, 4.69) is 20.9 Å². The van der Waals surface area contributed by atoms with E-state index in [0.29, 0.717) is 29.9 Å². The van der Waals surface area contributed by atoms with E-state index in [1.165, 1.54) is 18.2 Å². The smallest absolute Gasteiger partial charge is 0.416 e. The highest BCUT2D eigenvalue weighted by molar-refractivity contribution is 6.01. The van der Waals surface area contributed by atoms with Gasteiger partial charge in [0.1, 0.15) is 5.75 Å². The van der Waals surface area contributed by atoms with Crippen molar-refractivity contribution in [2.45, 2.75) is 37.2 Å². The second-order valence-corrected chi connectivity index (χ2v) is 11.0. The lowest BCUT2D eigenvalue weighted by Crippen LogP contribution is -2.52. The first kappa shape index (κ1) is 34.7. The number of carbonyl (C=O) groups excluding carboxylic acids is 1. The molecule has 252 valence electrons. The van der Waals surface area contributed by atoms with Gasteiger partial charge in [0.25, 0.3) is 5.91 Å². The minimum Gasteiger partial charge on any atom is -0.494 e. The van der Waals surface area contributed by atoms with Gasteiger partial charge in [0.05, 0.1) is 12.2 Å². The zero-order valence-corrected chi connectivity index (χ0v) is 26.2. The number of alkyl halides is 3. The maximum atomic E-state index is 14.4. The van der Waals surface area contributed by atoms with Crippen LogP contribution in [0.3, 0.4) is 0 Å². The normalized spacial score (nSPS) is 17.2. The number of benzene rings is 4. The van der Waals surface area contributed by atoms with Gasteiger partial charge in [0.15, 0.2) is 11.6 Å². The van der Waals surface area contributed by atoms with E-state index in [1.54, 1.807) is 54.6 Å². The van der Waals surface area contributed by atoms with E-state index in [0.717, 1.165) is 11.6 Å². The molecule has 0 unspecified atom stereocenters. The first-order valence-electron chi connectivity index (χ1n) is 15.4. The quantitative estimate of drug-likeness (QED) is 0.0417. The van der Waals surface area contributed by atoms with Crippen molar-refractivity contribution < 1.29 is 32.5 Å². The van der Waals surface area contributed by atoms with Gasteiger partial charge in [0, 0.05) is 47.7 Å². The molecule has 49 heavy (non-hydrogen) atoms. The maximum Gasteiger partial charge on any atom is 0.416 e. The SMILES string of the molecule is [N-]=[N+]=Nc1ccccc1[C@@H]1OC(c2ccc(OCCCO)cc2)=N[C@]1(C/C=C/c1ccccc1)C(=O)NNCc1ccccc1C(F)(F)F. The summed E-state index contributed by atoms with van der Waals surface area (Å²) in [6.07, 6.45) is -1.65. The predicted molar refractivity (Wildman–Crippen MR) is 179 cm³/mol. The topological polar surface area (TPSA) is 141 Å². The Morgan fingerprint density at radius 2 is 1.73 bits per heavy atom. The third-order valence-corrected chi connectivity index (χ3v) is 7.74. The largest absolute Gasteiger partial charge is 0.494 e. The van der Waals surface area contributed by atoms with E-state index in [-0.39, 0.29) is 36.7 Å². The lowest BCUT2D eigenvalue weighted by atomic mass is 9.83. The van der Waals surface area contributed by atoms with Crippen LogP contribution in [0.15, 0.2) is 119 Å². The molecule has 1 aliphatic heterocycles. The zero-order valence-electron chi connectivity index (χ0n) is 26.2. The Morgan fingerprint density at radius 1 is 1.02 bits per heavy atom. The van der Waals surface area contributed by atoms with Crippen LogP contribution >= 0.6 is 0 Å². The van der Waals surface area contributed by atoms with Crippen LogP contribution in [-0.4, -0.2) is 35.7 Å². The number of hydrogen-bond donors (Lipinski definition) is 3. The van der Waals surface area contributed by atoms with E-state index in [1.807, 2.05) is 36.4 Å². The molecular weight excluding hydrogens is 637 g/mol. The Kier molecular flexibility index (Phi) is 11.3. The number of carbonyl (C=O) groups is 1. The van der Waals surface area contributed by atoms with Crippen LogP contribution in [-0.2, 0) is 22.3 Å². The third kappa shape index (κ3) is 8.46. The van der Waals surface area contributed by atoms with Gasteiger partial charge in [-0.15, -0.1) is 0 Å². The molecule has 0 radical (unpaired) electrons. The van der Waals surface area contributed by atoms with E-state index in [4.69, 9.17) is 19.6 Å². The predicted octanol–water partition coefficient (Wildman–Crippen LogP) is 7.59. The summed E-state index contributed by atoms with van der Waals surface area (Å²) in [6, 6.07) is 28.0. The molecule has 3 N–H and O–H groups in total. The van der Waals surface area contributed by atoms with Crippen LogP contribution in [0.5, 0.6) is 5.75 Å². The summed E-state index contributed by atoms with van der Waals surface area (Å²) in [6.45, 7) is -0.0104. The van der Waals surface area contributed by atoms with Crippen molar-refractivity contribution in [1.29, 1.82) is 0 Å². The van der Waals surface area contributed by atoms with E-state index in [9.17, 15) is 23.5 Å². The molecule has 10 nitrogen and oxygen atoms in total. The number of hydrazine groups is 1. The summed E-state index contributed by atoms with van der Waals surface area (Å²) < 4.78 is 53.1. The number of azide groups is 1. The molecule has 0 bridgehead atoms. The van der Waals surface area contributed by atoms with Gasteiger partial charge in [-0.2, -0.15) is 13.2 Å². The summed E-state index contributed by atoms with van der Waals surface area (Å²) in [5.74, 6) is -0.0121. The minimum absolute atomic E-state index is 0.00430. The summed E-state index contributed by atoms with van der Waals surface area (Å²) in [4.78, 5) is 22.2. The zero-order chi connectivity index (χ0) is 34.7. The average Bonchev–Trinajstić information content (AvgIpc) is 3.50. The van der Waals surface area contributed by atoms with Crippen molar-refractivity contribution in [2.75, 3.05) is 13.2 Å². The number of rotatable bonds is 14. The van der Waals surface area contributed by atoms with Crippen molar-refractivity contribution in [3.63, 3.8) is 0 Å². The Hall–Kier alpha value is -5.62. The number of ether oxygens (including phenoxy) is 2. The van der Waals surface area contributed by atoms with Crippen LogP contribution in [0.2, 0.25) is 0 Å². The van der Waals surface area contributed by atoms with Crippen molar-refractivity contribution in [3.8, 4) is 5.75 Å². The first-order valence-corrected chi connectivity index (χ1v) is 15.4. The fraction of sp³-hybridized carbons (Fsp3) is 0.222. The molecule has 0 saturated heterocycles. The summed E-state index contributed by atoms with van der Waals surface area (Å²) in [5.41, 5.74) is 13.9. The molecule has 1 heterocycles. The lowest BCUT2D eigenvalue weighted by molar-refractivity contribution is -0.138. The van der Waals surface area contributed by atoms with Gasteiger partial charge in [-0.25, -0.2) is 10.4 Å². The van der Waals surface area contributed by atoms with Crippen LogP contribution in [0.1, 0.15) is 46.8 Å². The standard InChI is InChI=1S/C36H33F3N6O4/c37-36(38,39)30-15-6-4-13-27(30)24-41-44-34(47)35(21-8-12-25-10-2-1-3-11-25)32(29-14-5-7-16-31(29)43-45-40)49-33(42-35)26-17-19-28(20-18-26)48-23-9-22-46/h1-8,10-20,32,41,46H,9,21-24H2,(H,44,47)/b12-8+/t32-,35-/m0/s1. The monoisotopic (exact) mass is 670 g/mol. The van der Waals surface area contributed by atoms with E-state index < -0.39 is 29.3 Å². The fourth-order valence-electron chi connectivity index (χ4n) is 5.36. The van der Waals surface area contributed by atoms with E-state index >= 15 is 0 Å². The Morgan fingerprint density at radius 3 is 2.47 bits per heavy atom. The molecular formula is C36H33F3N6O4. The Bertz CT molecular complexity index is 1840. The van der Waals surface area contributed by atoms with Crippen molar-refractivity contribution in [3.05, 3.63) is 147 Å². The molecule has 1 aliphatic rings. The second kappa shape index (κ2) is 16.0. The first-order chi connectivity index (χ1) is 23.7. The molecule has 0 saturated carbocycles. The second-order valence-electron chi connectivity index (χ2n) is 11.0. The third-order valence-electron chi connectivity index (χ3n) is 7.74. The van der Waals surface area contributed by atoms with Crippen LogP contribution in [0, 0.1) is 0 Å². The number of aliphatic hydroxyl groups is 1. The van der Waals surface area contributed by atoms with Crippen LogP contribution in [0.4, 0.5) is 18.9 Å². The highest BCUT2D eigenvalue weighted by atomic mass is 19.4. The molecule has 13 heteroatoms. The van der Waals surface area contributed by atoms with Gasteiger partial charge >= 0.3 is 6.18 Å². The Balaban J connectivity index is 1.54. The number of hydrogen-bond acceptors (Lipinski definition) is 7. The molecule has 2 atom stereocenters. The number of halogens is 3. The highest BCUT2D eigenvalue weighted by Crippen LogP contribution is 2.45. The molecule has 1 amide bonds. The Labute approximate surface area is 280 Å². The van der Waals surface area contributed by atoms with Crippen LogP contribution < -0.4 is 15.6 Å². The molecule has 0 aromatic heterocycles. The number of amides is 1. The fourth-order valence-corrected chi connectivity index (χ4v) is 5.36. The molecule has 5 rings (SSSR count). The lowest BCUT2D eigenvalue weighted by Gasteiger charge is -2.30. The molecule has 4 aromatic rings. The maximum absolute atomic E-state index is 14.4. The summed E-state index contributed by atoms with van der Waals surface area (Å²) in [5, 5.41) is 12.9. The number of nitrogens with zero attached hydrogens (tertiary/aromatic N) is 4. The van der Waals surface area contributed by atoms with Crippen molar-refractivity contribution in [1.82, 2.24) is 10.9 Å². The average molecular weight is 671 g/mol. The summed E-state index contributed by atoms with van der Waals surface area (Å²) >= 11 is 0. The molecule has 0 spiro atoms. The molecule has 4 aromatic carbocycles. The van der Waals surface area contributed by atoms with Crippen LogP contribution in [0.25, 0.3) is 16.5 Å². The number of nitrogens with one attached hydrogen (secondary N) is 2. The van der Waals surface area contributed by atoms with Gasteiger partial charge in [-0.3, -0.25) is 10.2 Å². The van der Waals surface area contributed by atoms with Gasteiger partial charge in [-0.05, 0) is 47.0 Å². The number of aliphatic imine (C=N–C) groups is 1. The highest BCUT2D eigenvalue weighted by Gasteiger charge is 2.53. The van der Waals surface area contributed by atoms with Gasteiger partial charge in [0.2, 0.25) is 5.90 Å². The number of aliphatic hydroxyl groups excluding tert-OH is 1. The van der Waals surface area contributed by atoms with Gasteiger partial charge < -0.3 is 14.6 Å². The molecule has 0 fully saturated rings. The minimum atomic E-state index is -4.58. The van der Waals surface area contributed by atoms with Gasteiger partial charge in [-0.1, -0.05) is 90.1 Å². The van der Waals surface area contributed by atoms with Crippen molar-refractivity contribution in [2.24, 2.45) is 10.1 Å².